The van der Waals surface area contributed by atoms with Crippen LogP contribution in [0.2, 0.25) is 0 Å². The van der Waals surface area contributed by atoms with E-state index < -0.39 is 0 Å². The Balaban J connectivity index is 1.37. The zero-order chi connectivity index (χ0) is 22.6. The van der Waals surface area contributed by atoms with Crippen molar-refractivity contribution in [3.8, 4) is 17.2 Å². The molecule has 0 unspecified atom stereocenters. The lowest BCUT2D eigenvalue weighted by Crippen LogP contribution is -2.35. The lowest BCUT2D eigenvalue weighted by Gasteiger charge is -2.27. The average molecular weight is 440 g/mol. The molecule has 1 heterocycles. The molecule has 2 aromatic rings. The Morgan fingerprint density at radius 1 is 0.969 bits per heavy atom. The van der Waals surface area contributed by atoms with Gasteiger partial charge in [-0.3, -0.25) is 4.79 Å². The Morgan fingerprint density at radius 2 is 1.69 bits per heavy atom. The molecule has 0 aromatic heterocycles. The quantitative estimate of drug-likeness (QED) is 0.245. The molecule has 1 saturated heterocycles. The summed E-state index contributed by atoms with van der Waals surface area (Å²) in [6.45, 7) is 2.90. The Bertz CT molecular complexity index is 877. The van der Waals surface area contributed by atoms with Crippen LogP contribution in [0.15, 0.2) is 47.6 Å². The minimum Gasteiger partial charge on any atom is -0.494 e. The number of likely N-dealkylation sites (tertiary alicyclic amines) is 1. The summed E-state index contributed by atoms with van der Waals surface area (Å²) in [5.41, 5.74) is 1.59. The first kappa shape index (κ1) is 23.4. The molecule has 1 fully saturated rings. The highest BCUT2D eigenvalue weighted by atomic mass is 16.5. The fourth-order valence-electron chi connectivity index (χ4n) is 3.69. The smallest absolute Gasteiger partial charge is 0.253 e. The molecule has 2 aromatic carbocycles. The summed E-state index contributed by atoms with van der Waals surface area (Å²) in [6, 6.07) is 13.1. The van der Waals surface area contributed by atoms with Crippen molar-refractivity contribution in [1.29, 1.82) is 0 Å². The molecule has 1 aliphatic heterocycles. The van der Waals surface area contributed by atoms with E-state index in [4.69, 9.17) is 20.1 Å². The standard InChI is InChI=1S/C25H33N3O4/c1-30-24-18-21(25(29)28-14-4-2-5-15-28)10-13-23(24)32-17-7-3-6-16-31-22-11-8-20(9-12-22)19-27-26/h8-13,18-19H,2-7,14-17,26H2,1H3. The van der Waals surface area contributed by atoms with Gasteiger partial charge >= 0.3 is 0 Å². The number of amides is 1. The average Bonchev–Trinajstić information content (AvgIpc) is 2.84. The maximum Gasteiger partial charge on any atom is 0.253 e. The topological polar surface area (TPSA) is 86.4 Å². The van der Waals surface area contributed by atoms with Crippen molar-refractivity contribution >= 4 is 12.1 Å². The van der Waals surface area contributed by atoms with Gasteiger partial charge in [-0.25, -0.2) is 0 Å². The molecule has 3 rings (SSSR count). The van der Waals surface area contributed by atoms with Crippen LogP contribution in [0.5, 0.6) is 17.2 Å². The van der Waals surface area contributed by atoms with Crippen molar-refractivity contribution < 1.29 is 19.0 Å². The first-order valence-corrected chi connectivity index (χ1v) is 11.3. The summed E-state index contributed by atoms with van der Waals surface area (Å²) in [6.07, 6.45) is 7.79. The van der Waals surface area contributed by atoms with E-state index in [1.807, 2.05) is 41.3 Å². The molecule has 2 N–H and O–H groups in total. The Morgan fingerprint density at radius 3 is 2.38 bits per heavy atom. The number of ether oxygens (including phenoxy) is 3. The molecule has 1 amide bonds. The summed E-state index contributed by atoms with van der Waals surface area (Å²) < 4.78 is 17.1. The Labute approximate surface area is 190 Å². The van der Waals surface area contributed by atoms with Gasteiger partial charge in [-0.15, -0.1) is 0 Å². The summed E-state index contributed by atoms with van der Waals surface area (Å²) in [4.78, 5) is 14.6. The molecular formula is C25H33N3O4. The summed E-state index contributed by atoms with van der Waals surface area (Å²) >= 11 is 0. The van der Waals surface area contributed by atoms with Gasteiger partial charge in [-0.2, -0.15) is 5.10 Å². The first-order valence-electron chi connectivity index (χ1n) is 11.3. The van der Waals surface area contributed by atoms with Crippen molar-refractivity contribution in [2.45, 2.75) is 38.5 Å². The van der Waals surface area contributed by atoms with Gasteiger partial charge in [0.05, 0.1) is 26.5 Å². The first-order chi connectivity index (χ1) is 15.7. The summed E-state index contributed by atoms with van der Waals surface area (Å²) in [5, 5.41) is 3.50. The van der Waals surface area contributed by atoms with Crippen molar-refractivity contribution in [2.75, 3.05) is 33.4 Å². The van der Waals surface area contributed by atoms with Crippen molar-refractivity contribution in [1.82, 2.24) is 4.90 Å². The molecule has 32 heavy (non-hydrogen) atoms. The third kappa shape index (κ3) is 6.90. The van der Waals surface area contributed by atoms with Gasteiger partial charge in [-0.1, -0.05) is 0 Å². The summed E-state index contributed by atoms with van der Waals surface area (Å²) in [5.74, 6) is 7.30. The zero-order valence-corrected chi connectivity index (χ0v) is 18.8. The zero-order valence-electron chi connectivity index (χ0n) is 18.8. The molecule has 7 nitrogen and oxygen atoms in total. The maximum atomic E-state index is 12.7. The fourth-order valence-corrected chi connectivity index (χ4v) is 3.69. The van der Waals surface area contributed by atoms with Crippen LogP contribution in [0.25, 0.3) is 0 Å². The number of hydrazone groups is 1. The van der Waals surface area contributed by atoms with Crippen molar-refractivity contribution in [3.05, 3.63) is 53.6 Å². The van der Waals surface area contributed by atoms with Gasteiger partial charge in [0.25, 0.3) is 5.91 Å². The number of methoxy groups -OCH3 is 1. The van der Waals surface area contributed by atoms with E-state index in [2.05, 4.69) is 5.10 Å². The number of piperidine rings is 1. The van der Waals surface area contributed by atoms with E-state index in [1.54, 1.807) is 19.4 Å². The largest absolute Gasteiger partial charge is 0.494 e. The summed E-state index contributed by atoms with van der Waals surface area (Å²) in [7, 11) is 1.60. The Hall–Kier alpha value is -3.22. The van der Waals surface area contributed by atoms with Crippen LogP contribution < -0.4 is 20.1 Å². The highest BCUT2D eigenvalue weighted by Gasteiger charge is 2.19. The highest BCUT2D eigenvalue weighted by Crippen LogP contribution is 2.29. The van der Waals surface area contributed by atoms with E-state index in [-0.39, 0.29) is 5.91 Å². The predicted octanol–water partition coefficient (Wildman–Crippen LogP) is 4.24. The molecular weight excluding hydrogens is 406 g/mol. The van der Waals surface area contributed by atoms with Crippen LogP contribution in [0.1, 0.15) is 54.4 Å². The highest BCUT2D eigenvalue weighted by molar-refractivity contribution is 5.95. The number of nitrogens with zero attached hydrogens (tertiary/aromatic N) is 2. The number of carbonyl (C=O) groups excluding carboxylic acids is 1. The number of carbonyl (C=O) groups is 1. The number of hydrogen-bond acceptors (Lipinski definition) is 6. The number of rotatable bonds is 11. The van der Waals surface area contributed by atoms with Gasteiger partial charge < -0.3 is 25.0 Å². The number of nitrogens with two attached hydrogens (primary N) is 1. The van der Waals surface area contributed by atoms with Crippen LogP contribution in [-0.4, -0.2) is 50.4 Å². The van der Waals surface area contributed by atoms with E-state index in [9.17, 15) is 4.79 Å². The number of benzene rings is 2. The molecule has 0 radical (unpaired) electrons. The van der Waals surface area contributed by atoms with Crippen LogP contribution in [0.4, 0.5) is 0 Å². The van der Waals surface area contributed by atoms with E-state index >= 15 is 0 Å². The van der Waals surface area contributed by atoms with Crippen LogP contribution in [-0.2, 0) is 0 Å². The van der Waals surface area contributed by atoms with E-state index in [0.717, 1.165) is 56.5 Å². The lowest BCUT2D eigenvalue weighted by molar-refractivity contribution is 0.0724. The third-order valence-electron chi connectivity index (χ3n) is 5.47. The fraction of sp³-hybridized carbons (Fsp3) is 0.440. The SMILES string of the molecule is COc1cc(C(=O)N2CCCCC2)ccc1OCCCCCOc1ccc(C=NN)cc1. The lowest BCUT2D eigenvalue weighted by atomic mass is 10.1. The van der Waals surface area contributed by atoms with E-state index in [0.29, 0.717) is 30.3 Å². The van der Waals surface area contributed by atoms with Gasteiger partial charge in [0, 0.05) is 18.7 Å². The Kier molecular flexibility index (Phi) is 9.22. The van der Waals surface area contributed by atoms with Crippen LogP contribution in [0.3, 0.4) is 0 Å². The van der Waals surface area contributed by atoms with Crippen LogP contribution >= 0.6 is 0 Å². The second-order valence-corrected chi connectivity index (χ2v) is 7.82. The van der Waals surface area contributed by atoms with Crippen molar-refractivity contribution in [2.24, 2.45) is 10.9 Å². The number of hydrogen-bond donors (Lipinski definition) is 1. The maximum absolute atomic E-state index is 12.7. The predicted molar refractivity (Wildman–Crippen MR) is 126 cm³/mol. The minimum atomic E-state index is 0.0664. The molecule has 0 aliphatic carbocycles. The van der Waals surface area contributed by atoms with Gasteiger partial charge in [0.1, 0.15) is 5.75 Å². The van der Waals surface area contributed by atoms with Gasteiger partial charge in [-0.05, 0) is 86.6 Å². The van der Waals surface area contributed by atoms with Crippen molar-refractivity contribution in [3.63, 3.8) is 0 Å². The monoisotopic (exact) mass is 439 g/mol. The molecule has 0 atom stereocenters. The van der Waals surface area contributed by atoms with Gasteiger partial charge in [0.15, 0.2) is 11.5 Å². The second kappa shape index (κ2) is 12.6. The normalized spacial score (nSPS) is 13.8. The van der Waals surface area contributed by atoms with Gasteiger partial charge in [0.2, 0.25) is 0 Å². The molecule has 0 spiro atoms. The molecule has 1 aliphatic rings. The molecule has 0 saturated carbocycles. The second-order valence-electron chi connectivity index (χ2n) is 7.82. The molecule has 172 valence electrons. The number of unbranched alkanes of at least 4 members (excludes halogenated alkanes) is 2. The molecule has 7 heteroatoms. The third-order valence-corrected chi connectivity index (χ3v) is 5.47. The van der Waals surface area contributed by atoms with E-state index in [1.165, 1.54) is 6.42 Å². The molecule has 0 bridgehead atoms. The minimum absolute atomic E-state index is 0.0664. The van der Waals surface area contributed by atoms with Crippen LogP contribution in [0, 0.1) is 0 Å².